The van der Waals surface area contributed by atoms with Crippen LogP contribution in [0.15, 0.2) is 0 Å². The summed E-state index contributed by atoms with van der Waals surface area (Å²) in [4.78, 5) is 16.5. The Morgan fingerprint density at radius 3 is 2.29 bits per heavy atom. The third-order valence-electron chi connectivity index (χ3n) is 3.77. The van der Waals surface area contributed by atoms with Crippen molar-refractivity contribution in [3.05, 3.63) is 0 Å². The monoisotopic (exact) mass is 241 g/mol. The molecule has 1 saturated heterocycles. The summed E-state index contributed by atoms with van der Waals surface area (Å²) in [6.07, 6.45) is 2.14. The van der Waals surface area contributed by atoms with E-state index in [1.54, 1.807) is 0 Å². The SMILES string of the molecule is CCCN1CCN(C(=O)[C@@H](N)C(C)CC)CC1. The number of nitrogens with zero attached hydrogens (tertiary/aromatic N) is 2. The highest BCUT2D eigenvalue weighted by Gasteiger charge is 2.27. The lowest BCUT2D eigenvalue weighted by atomic mass is 9.98. The molecular formula is C13H27N3O. The number of hydrogen-bond acceptors (Lipinski definition) is 3. The van der Waals surface area contributed by atoms with Crippen molar-refractivity contribution >= 4 is 5.91 Å². The summed E-state index contributed by atoms with van der Waals surface area (Å²) in [7, 11) is 0. The van der Waals surface area contributed by atoms with Crippen LogP contribution in [0.1, 0.15) is 33.6 Å². The first-order valence-electron chi connectivity index (χ1n) is 6.86. The van der Waals surface area contributed by atoms with Gasteiger partial charge < -0.3 is 10.6 Å². The van der Waals surface area contributed by atoms with E-state index in [0.29, 0.717) is 0 Å². The standard InChI is InChI=1S/C13H27N3O/c1-4-6-15-7-9-16(10-8-15)13(17)12(14)11(3)5-2/h11-12H,4-10,14H2,1-3H3/t11?,12-/m0/s1. The number of nitrogens with two attached hydrogens (primary N) is 1. The second-order valence-electron chi connectivity index (χ2n) is 5.08. The van der Waals surface area contributed by atoms with E-state index in [1.165, 1.54) is 6.42 Å². The van der Waals surface area contributed by atoms with E-state index in [-0.39, 0.29) is 17.9 Å². The number of rotatable bonds is 5. The summed E-state index contributed by atoms with van der Waals surface area (Å²) in [5.74, 6) is 0.409. The normalized spacial score (nSPS) is 21.3. The van der Waals surface area contributed by atoms with Gasteiger partial charge in [-0.3, -0.25) is 9.69 Å². The van der Waals surface area contributed by atoms with Gasteiger partial charge in [0, 0.05) is 26.2 Å². The Morgan fingerprint density at radius 2 is 1.82 bits per heavy atom. The molecule has 1 unspecified atom stereocenters. The van der Waals surface area contributed by atoms with E-state index >= 15 is 0 Å². The first kappa shape index (κ1) is 14.5. The van der Waals surface area contributed by atoms with Crippen molar-refractivity contribution in [2.75, 3.05) is 32.7 Å². The van der Waals surface area contributed by atoms with Crippen LogP contribution in [0.4, 0.5) is 0 Å². The van der Waals surface area contributed by atoms with Gasteiger partial charge in [0.1, 0.15) is 0 Å². The van der Waals surface area contributed by atoms with E-state index in [1.807, 2.05) is 4.90 Å². The molecule has 0 aromatic rings. The average molecular weight is 241 g/mol. The zero-order chi connectivity index (χ0) is 12.8. The zero-order valence-corrected chi connectivity index (χ0v) is 11.5. The maximum absolute atomic E-state index is 12.1. The van der Waals surface area contributed by atoms with Gasteiger partial charge in [0.25, 0.3) is 0 Å². The molecule has 1 rings (SSSR count). The molecule has 1 aliphatic heterocycles. The topological polar surface area (TPSA) is 49.6 Å². The van der Waals surface area contributed by atoms with Gasteiger partial charge in [0.2, 0.25) is 5.91 Å². The fourth-order valence-corrected chi connectivity index (χ4v) is 2.22. The predicted octanol–water partition coefficient (Wildman–Crippen LogP) is 0.914. The third-order valence-corrected chi connectivity index (χ3v) is 3.77. The first-order chi connectivity index (χ1) is 8.10. The van der Waals surface area contributed by atoms with Crippen LogP contribution in [-0.2, 0) is 4.79 Å². The van der Waals surface area contributed by atoms with Crippen LogP contribution in [0.25, 0.3) is 0 Å². The molecule has 1 aliphatic rings. The van der Waals surface area contributed by atoms with Gasteiger partial charge in [-0.1, -0.05) is 27.2 Å². The Morgan fingerprint density at radius 1 is 1.24 bits per heavy atom. The molecule has 0 aliphatic carbocycles. The summed E-state index contributed by atoms with van der Waals surface area (Å²) in [6, 6.07) is -0.322. The van der Waals surface area contributed by atoms with Gasteiger partial charge in [0.15, 0.2) is 0 Å². The fraction of sp³-hybridized carbons (Fsp3) is 0.923. The molecule has 0 spiro atoms. The van der Waals surface area contributed by atoms with Gasteiger partial charge in [-0.05, 0) is 18.9 Å². The van der Waals surface area contributed by atoms with E-state index < -0.39 is 0 Å². The van der Waals surface area contributed by atoms with Crippen molar-refractivity contribution in [2.45, 2.75) is 39.7 Å². The molecule has 4 heteroatoms. The van der Waals surface area contributed by atoms with Crippen LogP contribution in [-0.4, -0.2) is 54.5 Å². The highest BCUT2D eigenvalue weighted by molar-refractivity contribution is 5.82. The summed E-state index contributed by atoms with van der Waals surface area (Å²) in [5, 5.41) is 0. The molecular weight excluding hydrogens is 214 g/mol. The molecule has 4 nitrogen and oxygen atoms in total. The summed E-state index contributed by atoms with van der Waals surface area (Å²) < 4.78 is 0. The molecule has 0 radical (unpaired) electrons. The fourth-order valence-electron chi connectivity index (χ4n) is 2.22. The second kappa shape index (κ2) is 6.97. The highest BCUT2D eigenvalue weighted by Crippen LogP contribution is 2.10. The van der Waals surface area contributed by atoms with Gasteiger partial charge >= 0.3 is 0 Å². The second-order valence-corrected chi connectivity index (χ2v) is 5.08. The van der Waals surface area contributed by atoms with Crippen molar-refractivity contribution in [2.24, 2.45) is 11.7 Å². The molecule has 0 aromatic heterocycles. The molecule has 2 atom stereocenters. The quantitative estimate of drug-likeness (QED) is 0.778. The van der Waals surface area contributed by atoms with Crippen molar-refractivity contribution in [3.63, 3.8) is 0 Å². The largest absolute Gasteiger partial charge is 0.339 e. The summed E-state index contributed by atoms with van der Waals surface area (Å²) in [5.41, 5.74) is 5.99. The lowest BCUT2D eigenvalue weighted by molar-refractivity contribution is -0.135. The van der Waals surface area contributed by atoms with Gasteiger partial charge in [0.05, 0.1) is 6.04 Å². The van der Waals surface area contributed by atoms with Crippen LogP contribution in [0, 0.1) is 5.92 Å². The molecule has 1 amide bonds. The third kappa shape index (κ3) is 3.96. The van der Waals surface area contributed by atoms with E-state index in [4.69, 9.17) is 5.73 Å². The molecule has 17 heavy (non-hydrogen) atoms. The Bertz CT molecular complexity index is 237. The molecule has 0 bridgehead atoms. The maximum Gasteiger partial charge on any atom is 0.239 e. The molecule has 100 valence electrons. The molecule has 1 fully saturated rings. The smallest absolute Gasteiger partial charge is 0.239 e. The maximum atomic E-state index is 12.1. The lowest BCUT2D eigenvalue weighted by Gasteiger charge is -2.36. The van der Waals surface area contributed by atoms with Crippen molar-refractivity contribution in [1.29, 1.82) is 0 Å². The van der Waals surface area contributed by atoms with E-state index in [0.717, 1.165) is 39.1 Å². The Labute approximate surface area is 105 Å². The van der Waals surface area contributed by atoms with Crippen LogP contribution >= 0.6 is 0 Å². The minimum atomic E-state index is -0.322. The number of piperazine rings is 1. The van der Waals surface area contributed by atoms with Crippen molar-refractivity contribution in [1.82, 2.24) is 9.80 Å². The van der Waals surface area contributed by atoms with Gasteiger partial charge in [-0.15, -0.1) is 0 Å². The molecule has 2 N–H and O–H groups in total. The summed E-state index contributed by atoms with van der Waals surface area (Å²) >= 11 is 0. The summed E-state index contributed by atoms with van der Waals surface area (Å²) in [6.45, 7) is 11.1. The first-order valence-corrected chi connectivity index (χ1v) is 6.86. The highest BCUT2D eigenvalue weighted by atomic mass is 16.2. The number of amides is 1. The van der Waals surface area contributed by atoms with Crippen molar-refractivity contribution < 1.29 is 4.79 Å². The Kier molecular flexibility index (Phi) is 5.92. The van der Waals surface area contributed by atoms with Crippen LogP contribution < -0.4 is 5.73 Å². The van der Waals surface area contributed by atoms with E-state index in [2.05, 4.69) is 25.7 Å². The Balaban J connectivity index is 2.40. The Hall–Kier alpha value is -0.610. The zero-order valence-electron chi connectivity index (χ0n) is 11.5. The van der Waals surface area contributed by atoms with Gasteiger partial charge in [-0.2, -0.15) is 0 Å². The number of carbonyl (C=O) groups excluding carboxylic acids is 1. The minimum Gasteiger partial charge on any atom is -0.339 e. The van der Waals surface area contributed by atoms with Crippen molar-refractivity contribution in [3.8, 4) is 0 Å². The van der Waals surface area contributed by atoms with Gasteiger partial charge in [-0.25, -0.2) is 0 Å². The number of hydrogen-bond donors (Lipinski definition) is 1. The molecule has 0 saturated carbocycles. The van der Waals surface area contributed by atoms with Crippen LogP contribution in [0.5, 0.6) is 0 Å². The number of carbonyl (C=O) groups is 1. The molecule has 1 heterocycles. The van der Waals surface area contributed by atoms with Crippen LogP contribution in [0.2, 0.25) is 0 Å². The minimum absolute atomic E-state index is 0.135. The predicted molar refractivity (Wildman–Crippen MR) is 70.7 cm³/mol. The average Bonchev–Trinajstić information content (AvgIpc) is 2.37. The van der Waals surface area contributed by atoms with E-state index in [9.17, 15) is 4.79 Å². The lowest BCUT2D eigenvalue weighted by Crippen LogP contribution is -2.54. The van der Waals surface area contributed by atoms with Crippen LogP contribution in [0.3, 0.4) is 0 Å². The molecule has 0 aromatic carbocycles.